The molecule has 0 radical (unpaired) electrons. The van der Waals surface area contributed by atoms with Gasteiger partial charge in [0.1, 0.15) is 5.69 Å². The first kappa shape index (κ1) is 21.3. The number of carbonyl (C=O) groups is 1. The van der Waals surface area contributed by atoms with Gasteiger partial charge in [-0.1, -0.05) is 25.8 Å². The maximum absolute atomic E-state index is 12.6. The molecule has 0 spiro atoms. The van der Waals surface area contributed by atoms with Gasteiger partial charge in [-0.3, -0.25) is 19.8 Å². The molecular weight excluding hydrogens is 368 g/mol. The van der Waals surface area contributed by atoms with Gasteiger partial charge in [-0.2, -0.15) is 0 Å². The van der Waals surface area contributed by atoms with Crippen molar-refractivity contribution in [3.63, 3.8) is 0 Å². The molecule has 0 aromatic heterocycles. The first-order chi connectivity index (χ1) is 14.1. The van der Waals surface area contributed by atoms with Crippen LogP contribution in [0.25, 0.3) is 6.08 Å². The van der Waals surface area contributed by atoms with Gasteiger partial charge in [0.15, 0.2) is 0 Å². The minimum Gasteiger partial charge on any atom is -0.366 e. The molecule has 7 heteroatoms. The summed E-state index contributed by atoms with van der Waals surface area (Å²) in [6.45, 7) is 8.21. The average molecular weight is 401 g/mol. The van der Waals surface area contributed by atoms with Crippen LogP contribution in [0.2, 0.25) is 0 Å². The second kappa shape index (κ2) is 10.4. The van der Waals surface area contributed by atoms with Crippen LogP contribution in [0.3, 0.4) is 0 Å². The summed E-state index contributed by atoms with van der Waals surface area (Å²) in [6, 6.07) is 5.35. The maximum atomic E-state index is 12.6. The van der Waals surface area contributed by atoms with Crippen LogP contribution in [0.5, 0.6) is 0 Å². The van der Waals surface area contributed by atoms with Gasteiger partial charge in [0.2, 0.25) is 5.91 Å². The molecule has 0 saturated carbocycles. The average Bonchev–Trinajstić information content (AvgIpc) is 3.27. The maximum Gasteiger partial charge on any atom is 0.299 e. The number of carbonyl (C=O) groups excluding carboxylic acids is 1. The number of piperazine rings is 1. The number of unbranched alkanes of at least 4 members (excludes halogenated alkanes) is 2. The lowest BCUT2D eigenvalue weighted by atomic mass is 10.1. The summed E-state index contributed by atoms with van der Waals surface area (Å²) >= 11 is 0. The largest absolute Gasteiger partial charge is 0.366 e. The van der Waals surface area contributed by atoms with Gasteiger partial charge in [0, 0.05) is 45.3 Å². The third-order valence-electron chi connectivity index (χ3n) is 5.84. The number of nitro groups is 1. The number of nitrogens with zero attached hydrogens (tertiary/aromatic N) is 4. The molecule has 1 aromatic rings. The zero-order chi connectivity index (χ0) is 20.6. The molecule has 1 amide bonds. The quantitative estimate of drug-likeness (QED) is 0.289. The van der Waals surface area contributed by atoms with E-state index in [-0.39, 0.29) is 16.5 Å². The van der Waals surface area contributed by atoms with Gasteiger partial charge in [-0.05, 0) is 44.0 Å². The third kappa shape index (κ3) is 5.56. The number of nitro benzene ring substituents is 1. The van der Waals surface area contributed by atoms with Gasteiger partial charge in [-0.25, -0.2) is 0 Å². The van der Waals surface area contributed by atoms with E-state index in [1.807, 2.05) is 11.0 Å². The number of amides is 1. The second-order valence-electron chi connectivity index (χ2n) is 7.87. The van der Waals surface area contributed by atoms with Crippen LogP contribution in [-0.4, -0.2) is 66.4 Å². The predicted octanol–water partition coefficient (Wildman–Crippen LogP) is 3.54. The molecule has 0 aliphatic carbocycles. The fourth-order valence-electron chi connectivity index (χ4n) is 4.14. The van der Waals surface area contributed by atoms with Gasteiger partial charge >= 0.3 is 0 Å². The molecule has 0 bridgehead atoms. The Kier molecular flexibility index (Phi) is 7.63. The molecule has 2 heterocycles. The first-order valence-corrected chi connectivity index (χ1v) is 10.8. The van der Waals surface area contributed by atoms with E-state index < -0.39 is 0 Å². The van der Waals surface area contributed by atoms with E-state index in [1.165, 1.54) is 25.3 Å². The Morgan fingerprint density at radius 3 is 2.48 bits per heavy atom. The van der Waals surface area contributed by atoms with Crippen molar-refractivity contribution in [2.75, 3.05) is 50.7 Å². The molecule has 0 N–H and O–H groups in total. The van der Waals surface area contributed by atoms with Crippen LogP contribution in [0.1, 0.15) is 44.6 Å². The topological polar surface area (TPSA) is 69.9 Å². The lowest BCUT2D eigenvalue weighted by Gasteiger charge is -2.34. The molecule has 2 saturated heterocycles. The van der Waals surface area contributed by atoms with Crippen molar-refractivity contribution in [2.45, 2.75) is 39.0 Å². The van der Waals surface area contributed by atoms with Crippen LogP contribution >= 0.6 is 0 Å². The number of hydrogen-bond acceptors (Lipinski definition) is 5. The molecule has 7 nitrogen and oxygen atoms in total. The smallest absolute Gasteiger partial charge is 0.299 e. The summed E-state index contributed by atoms with van der Waals surface area (Å²) in [5.74, 6) is -0.0703. The van der Waals surface area contributed by atoms with Crippen molar-refractivity contribution in [1.82, 2.24) is 9.80 Å². The van der Waals surface area contributed by atoms with E-state index in [4.69, 9.17) is 0 Å². The minimum absolute atomic E-state index is 0.0703. The van der Waals surface area contributed by atoms with Crippen LogP contribution in [-0.2, 0) is 4.79 Å². The van der Waals surface area contributed by atoms with Crippen molar-refractivity contribution in [3.05, 3.63) is 40.0 Å². The Bertz CT molecular complexity index is 736. The fourth-order valence-corrected chi connectivity index (χ4v) is 4.14. The van der Waals surface area contributed by atoms with Crippen LogP contribution in [0.4, 0.5) is 11.4 Å². The molecule has 1 aromatic carbocycles. The summed E-state index contributed by atoms with van der Waals surface area (Å²) in [5, 5.41) is 11.7. The highest BCUT2D eigenvalue weighted by Crippen LogP contribution is 2.34. The van der Waals surface area contributed by atoms with Crippen molar-refractivity contribution < 1.29 is 9.72 Å². The van der Waals surface area contributed by atoms with Crippen molar-refractivity contribution in [1.29, 1.82) is 0 Å². The van der Waals surface area contributed by atoms with Gasteiger partial charge in [0.05, 0.1) is 10.5 Å². The number of rotatable bonds is 8. The molecule has 2 aliphatic heterocycles. The van der Waals surface area contributed by atoms with Crippen molar-refractivity contribution >= 4 is 23.4 Å². The molecule has 0 unspecified atom stereocenters. The SMILES string of the molecule is CCCCCN1CCN(C(=O)/C=C/c2cccc(N3CCCC3)c2[N+](=O)[O-])CC1. The Balaban J connectivity index is 1.63. The highest BCUT2D eigenvalue weighted by Gasteiger charge is 2.25. The van der Waals surface area contributed by atoms with E-state index in [0.29, 0.717) is 24.3 Å². The lowest BCUT2D eigenvalue weighted by molar-refractivity contribution is -0.384. The van der Waals surface area contributed by atoms with E-state index >= 15 is 0 Å². The Labute approximate surface area is 173 Å². The van der Waals surface area contributed by atoms with Crippen LogP contribution in [0, 0.1) is 10.1 Å². The lowest BCUT2D eigenvalue weighted by Crippen LogP contribution is -2.48. The van der Waals surface area contributed by atoms with Crippen LogP contribution < -0.4 is 4.90 Å². The van der Waals surface area contributed by atoms with Gasteiger partial charge in [0.25, 0.3) is 5.69 Å². The first-order valence-electron chi connectivity index (χ1n) is 10.8. The monoisotopic (exact) mass is 400 g/mol. The summed E-state index contributed by atoms with van der Waals surface area (Å²) in [4.78, 5) is 30.3. The molecule has 3 rings (SSSR count). The van der Waals surface area contributed by atoms with Crippen LogP contribution in [0.15, 0.2) is 24.3 Å². The molecule has 158 valence electrons. The Morgan fingerprint density at radius 1 is 1.10 bits per heavy atom. The van der Waals surface area contributed by atoms with E-state index in [2.05, 4.69) is 16.7 Å². The molecule has 0 atom stereocenters. The predicted molar refractivity (Wildman–Crippen MR) is 116 cm³/mol. The number of anilines is 1. The van der Waals surface area contributed by atoms with Crippen molar-refractivity contribution in [3.8, 4) is 0 Å². The zero-order valence-corrected chi connectivity index (χ0v) is 17.4. The summed E-state index contributed by atoms with van der Waals surface area (Å²) in [6.07, 6.45) is 8.88. The highest BCUT2D eigenvalue weighted by molar-refractivity contribution is 5.93. The third-order valence-corrected chi connectivity index (χ3v) is 5.84. The summed E-state index contributed by atoms with van der Waals surface area (Å²) in [5.41, 5.74) is 1.24. The van der Waals surface area contributed by atoms with Gasteiger partial charge < -0.3 is 9.80 Å². The molecule has 29 heavy (non-hydrogen) atoms. The Morgan fingerprint density at radius 2 is 1.83 bits per heavy atom. The Hall–Kier alpha value is -2.41. The normalized spacial score (nSPS) is 18.0. The number of benzene rings is 1. The standard InChI is InChI=1S/C22H32N4O3/c1-2-3-4-12-23-15-17-25(18-16-23)21(27)11-10-19-8-7-9-20(22(19)26(28)29)24-13-5-6-14-24/h7-11H,2-6,12-18H2,1H3/b11-10+. The molecule has 2 aliphatic rings. The minimum atomic E-state index is -0.327. The number of para-hydroxylation sites is 1. The zero-order valence-electron chi connectivity index (χ0n) is 17.4. The molecule has 2 fully saturated rings. The summed E-state index contributed by atoms with van der Waals surface area (Å²) in [7, 11) is 0. The summed E-state index contributed by atoms with van der Waals surface area (Å²) < 4.78 is 0. The fraction of sp³-hybridized carbons (Fsp3) is 0.591. The highest BCUT2D eigenvalue weighted by atomic mass is 16.6. The van der Waals surface area contributed by atoms with Gasteiger partial charge in [-0.15, -0.1) is 0 Å². The molecular formula is C22H32N4O3. The van der Waals surface area contributed by atoms with Crippen molar-refractivity contribution in [2.24, 2.45) is 0 Å². The second-order valence-corrected chi connectivity index (χ2v) is 7.87. The van der Waals surface area contributed by atoms with E-state index in [0.717, 1.165) is 45.6 Å². The number of hydrogen-bond donors (Lipinski definition) is 0. The van der Waals surface area contributed by atoms with E-state index in [1.54, 1.807) is 18.2 Å². The van der Waals surface area contributed by atoms with E-state index in [9.17, 15) is 14.9 Å².